The SMILES string of the molecule is COc1ccc2c(c1)CCC[C@]2(O)CNC(=O)CCS(=O)(=O)c1ccccc1. The number of fused-ring (bicyclic) bond motifs is 1. The topological polar surface area (TPSA) is 92.7 Å². The Kier molecular flexibility index (Phi) is 6.05. The van der Waals surface area contributed by atoms with Crippen molar-refractivity contribution in [2.75, 3.05) is 19.4 Å². The number of methoxy groups -OCH3 is 1. The van der Waals surface area contributed by atoms with Gasteiger partial charge < -0.3 is 15.2 Å². The number of benzene rings is 2. The van der Waals surface area contributed by atoms with Crippen molar-refractivity contribution in [1.82, 2.24) is 5.32 Å². The maximum absolute atomic E-state index is 12.3. The first-order valence-electron chi connectivity index (χ1n) is 9.28. The Morgan fingerprint density at radius 2 is 1.96 bits per heavy atom. The second kappa shape index (κ2) is 8.32. The Balaban J connectivity index is 1.61. The minimum Gasteiger partial charge on any atom is -0.497 e. The zero-order chi connectivity index (χ0) is 20.2. The van der Waals surface area contributed by atoms with Gasteiger partial charge in [0.25, 0.3) is 0 Å². The van der Waals surface area contributed by atoms with E-state index >= 15 is 0 Å². The number of amides is 1. The molecule has 0 saturated carbocycles. The average Bonchev–Trinajstić information content (AvgIpc) is 2.71. The van der Waals surface area contributed by atoms with Gasteiger partial charge in [0.15, 0.2) is 9.84 Å². The Morgan fingerprint density at radius 3 is 2.68 bits per heavy atom. The number of carbonyl (C=O) groups excluding carboxylic acids is 1. The molecule has 1 aliphatic carbocycles. The number of hydrogen-bond donors (Lipinski definition) is 2. The van der Waals surface area contributed by atoms with Crippen molar-refractivity contribution in [1.29, 1.82) is 0 Å². The molecule has 6 nitrogen and oxygen atoms in total. The van der Waals surface area contributed by atoms with Gasteiger partial charge in [-0.2, -0.15) is 0 Å². The second-order valence-corrected chi connectivity index (χ2v) is 9.18. The van der Waals surface area contributed by atoms with E-state index in [1.54, 1.807) is 31.4 Å². The number of rotatable bonds is 7. The molecule has 0 saturated heterocycles. The van der Waals surface area contributed by atoms with Crippen LogP contribution in [0.1, 0.15) is 30.4 Å². The summed E-state index contributed by atoms with van der Waals surface area (Å²) in [5.41, 5.74) is 0.638. The molecule has 2 aromatic rings. The smallest absolute Gasteiger partial charge is 0.221 e. The van der Waals surface area contributed by atoms with Gasteiger partial charge >= 0.3 is 0 Å². The maximum atomic E-state index is 12.3. The number of aryl methyl sites for hydroxylation is 1. The standard InChI is InChI=1S/C21H25NO5S/c1-27-17-9-10-19-16(14-17)6-5-12-21(19,24)15-22-20(23)11-13-28(25,26)18-7-3-2-4-8-18/h2-4,7-10,14,24H,5-6,11-13,15H2,1H3,(H,22,23)/t21-/m0/s1. The molecular weight excluding hydrogens is 378 g/mol. The molecule has 0 bridgehead atoms. The maximum Gasteiger partial charge on any atom is 0.221 e. The Labute approximate surface area is 165 Å². The van der Waals surface area contributed by atoms with Gasteiger partial charge in [0.05, 0.1) is 24.3 Å². The van der Waals surface area contributed by atoms with E-state index in [1.165, 1.54) is 12.1 Å². The van der Waals surface area contributed by atoms with Crippen LogP contribution in [0.4, 0.5) is 0 Å². The van der Waals surface area contributed by atoms with Crippen molar-refractivity contribution in [3.8, 4) is 5.75 Å². The van der Waals surface area contributed by atoms with Gasteiger partial charge in [-0.15, -0.1) is 0 Å². The van der Waals surface area contributed by atoms with E-state index in [2.05, 4.69) is 5.32 Å². The van der Waals surface area contributed by atoms with Crippen LogP contribution in [0.5, 0.6) is 5.75 Å². The molecule has 0 fully saturated rings. The van der Waals surface area contributed by atoms with Crippen LogP contribution in [0.2, 0.25) is 0 Å². The van der Waals surface area contributed by atoms with E-state index in [1.807, 2.05) is 12.1 Å². The Hall–Kier alpha value is -2.38. The molecule has 1 aliphatic rings. The third-order valence-corrected chi connectivity index (χ3v) is 6.86. The van der Waals surface area contributed by atoms with E-state index in [9.17, 15) is 18.3 Å². The first kappa shape index (κ1) is 20.4. The molecule has 0 radical (unpaired) electrons. The summed E-state index contributed by atoms with van der Waals surface area (Å²) in [6.07, 6.45) is 2.03. The molecule has 2 aromatic carbocycles. The van der Waals surface area contributed by atoms with Gasteiger partial charge in [-0.1, -0.05) is 24.3 Å². The van der Waals surface area contributed by atoms with Crippen LogP contribution in [0.15, 0.2) is 53.4 Å². The molecule has 150 valence electrons. The van der Waals surface area contributed by atoms with E-state index in [0.29, 0.717) is 6.42 Å². The van der Waals surface area contributed by atoms with Gasteiger partial charge in [0, 0.05) is 6.42 Å². The largest absolute Gasteiger partial charge is 0.497 e. The lowest BCUT2D eigenvalue weighted by Crippen LogP contribution is -2.43. The lowest BCUT2D eigenvalue weighted by atomic mass is 9.79. The van der Waals surface area contributed by atoms with E-state index in [4.69, 9.17) is 4.74 Å². The molecule has 1 amide bonds. The highest BCUT2D eigenvalue weighted by atomic mass is 32.2. The summed E-state index contributed by atoms with van der Waals surface area (Å²) in [4.78, 5) is 12.4. The zero-order valence-electron chi connectivity index (χ0n) is 15.8. The van der Waals surface area contributed by atoms with Crippen LogP contribution >= 0.6 is 0 Å². The second-order valence-electron chi connectivity index (χ2n) is 7.07. The van der Waals surface area contributed by atoms with Crippen molar-refractivity contribution in [2.24, 2.45) is 0 Å². The molecular formula is C21H25NO5S. The highest BCUT2D eigenvalue weighted by molar-refractivity contribution is 7.91. The molecule has 0 heterocycles. The normalized spacial score (nSPS) is 18.9. The summed E-state index contributed by atoms with van der Waals surface area (Å²) in [5.74, 6) is 0.0708. The summed E-state index contributed by atoms with van der Waals surface area (Å²) in [7, 11) is -1.91. The van der Waals surface area contributed by atoms with Crippen LogP contribution in [-0.2, 0) is 26.7 Å². The van der Waals surface area contributed by atoms with Crippen LogP contribution in [0.25, 0.3) is 0 Å². The predicted octanol–water partition coefficient (Wildman–Crippen LogP) is 2.20. The lowest BCUT2D eigenvalue weighted by molar-refractivity contribution is -0.122. The molecule has 2 N–H and O–H groups in total. The minimum absolute atomic E-state index is 0.0521. The van der Waals surface area contributed by atoms with E-state index in [-0.39, 0.29) is 23.6 Å². The highest BCUT2D eigenvalue weighted by Gasteiger charge is 2.35. The zero-order valence-corrected chi connectivity index (χ0v) is 16.7. The van der Waals surface area contributed by atoms with Gasteiger partial charge in [-0.25, -0.2) is 8.42 Å². The molecule has 0 aromatic heterocycles. The van der Waals surface area contributed by atoms with Gasteiger partial charge in [-0.3, -0.25) is 4.79 Å². The molecule has 1 atom stereocenters. The third-order valence-electron chi connectivity index (χ3n) is 5.13. The van der Waals surface area contributed by atoms with Crippen LogP contribution < -0.4 is 10.1 Å². The molecule has 0 unspecified atom stereocenters. The van der Waals surface area contributed by atoms with E-state index in [0.717, 1.165) is 29.7 Å². The molecule has 0 aliphatic heterocycles. The summed E-state index contributed by atoms with van der Waals surface area (Å²) >= 11 is 0. The fourth-order valence-electron chi connectivity index (χ4n) is 3.55. The fraction of sp³-hybridized carbons (Fsp3) is 0.381. The molecule has 0 spiro atoms. The number of aliphatic hydroxyl groups is 1. The highest BCUT2D eigenvalue weighted by Crippen LogP contribution is 2.36. The molecule has 3 rings (SSSR count). The number of sulfone groups is 1. The monoisotopic (exact) mass is 403 g/mol. The van der Waals surface area contributed by atoms with Gasteiger partial charge in [0.2, 0.25) is 5.91 Å². The van der Waals surface area contributed by atoms with Crippen LogP contribution in [0, 0.1) is 0 Å². The summed E-state index contributed by atoms with van der Waals surface area (Å²) < 4.78 is 29.8. The van der Waals surface area contributed by atoms with Crippen LogP contribution in [-0.4, -0.2) is 38.8 Å². The quantitative estimate of drug-likeness (QED) is 0.739. The number of hydrogen-bond acceptors (Lipinski definition) is 5. The number of nitrogens with one attached hydrogen (secondary N) is 1. The van der Waals surface area contributed by atoms with Crippen molar-refractivity contribution < 1.29 is 23.1 Å². The van der Waals surface area contributed by atoms with Crippen molar-refractivity contribution >= 4 is 15.7 Å². The van der Waals surface area contributed by atoms with Crippen molar-refractivity contribution in [2.45, 2.75) is 36.2 Å². The lowest BCUT2D eigenvalue weighted by Gasteiger charge is -2.35. The van der Waals surface area contributed by atoms with Gasteiger partial charge in [-0.05, 0) is 54.7 Å². The first-order chi connectivity index (χ1) is 13.3. The molecule has 7 heteroatoms. The Morgan fingerprint density at radius 1 is 1.21 bits per heavy atom. The summed E-state index contributed by atoms with van der Waals surface area (Å²) in [5, 5.41) is 13.8. The molecule has 28 heavy (non-hydrogen) atoms. The first-order valence-corrected chi connectivity index (χ1v) is 10.9. The summed E-state index contributed by atoms with van der Waals surface area (Å²) in [6, 6.07) is 13.6. The summed E-state index contributed by atoms with van der Waals surface area (Å²) in [6.45, 7) is 0.0521. The van der Waals surface area contributed by atoms with E-state index < -0.39 is 21.3 Å². The Bertz CT molecular complexity index is 943. The minimum atomic E-state index is -3.51. The van der Waals surface area contributed by atoms with Crippen LogP contribution in [0.3, 0.4) is 0 Å². The average molecular weight is 404 g/mol. The number of carbonyl (C=O) groups is 1. The predicted molar refractivity (Wildman–Crippen MR) is 106 cm³/mol. The van der Waals surface area contributed by atoms with Crippen molar-refractivity contribution in [3.05, 3.63) is 59.7 Å². The fourth-order valence-corrected chi connectivity index (χ4v) is 4.82. The number of ether oxygens (including phenoxy) is 1. The third kappa shape index (κ3) is 4.54. The van der Waals surface area contributed by atoms with Gasteiger partial charge in [0.1, 0.15) is 11.4 Å². The van der Waals surface area contributed by atoms with Crippen molar-refractivity contribution in [3.63, 3.8) is 0 Å².